The molecule has 0 aliphatic rings. The highest BCUT2D eigenvalue weighted by Gasteiger charge is 2.06. The first-order chi connectivity index (χ1) is 9.56. The third-order valence-corrected chi connectivity index (χ3v) is 3.40. The lowest BCUT2D eigenvalue weighted by atomic mass is 10.2. The van der Waals surface area contributed by atoms with Gasteiger partial charge in [0, 0.05) is 29.8 Å². The van der Waals surface area contributed by atoms with Crippen molar-refractivity contribution < 1.29 is 0 Å². The average Bonchev–Trinajstić information content (AvgIpc) is 2.37. The van der Waals surface area contributed by atoms with Gasteiger partial charge in [0.15, 0.2) is 0 Å². The summed E-state index contributed by atoms with van der Waals surface area (Å²) >= 11 is 3.50. The monoisotopic (exact) mass is 334 g/mol. The number of nitrogens with one attached hydrogen (secondary N) is 1. The van der Waals surface area contributed by atoms with Crippen LogP contribution in [0.5, 0.6) is 0 Å². The molecule has 0 aliphatic carbocycles. The molecule has 4 nitrogen and oxygen atoms in total. The van der Waals surface area contributed by atoms with E-state index in [0.29, 0.717) is 0 Å². The van der Waals surface area contributed by atoms with E-state index < -0.39 is 0 Å². The summed E-state index contributed by atoms with van der Waals surface area (Å²) < 4.78 is 1.10. The van der Waals surface area contributed by atoms with Crippen molar-refractivity contribution in [2.45, 2.75) is 20.0 Å². The zero-order valence-electron chi connectivity index (χ0n) is 12.0. The van der Waals surface area contributed by atoms with E-state index in [-0.39, 0.29) is 0 Å². The van der Waals surface area contributed by atoms with Crippen LogP contribution in [0, 0.1) is 6.92 Å². The van der Waals surface area contributed by atoms with E-state index in [9.17, 15) is 0 Å². The lowest BCUT2D eigenvalue weighted by molar-refractivity contribution is 0.310. The Morgan fingerprint density at radius 3 is 2.70 bits per heavy atom. The molecule has 2 aromatic rings. The molecule has 0 atom stereocenters. The molecule has 0 aliphatic heterocycles. The lowest BCUT2D eigenvalue weighted by Gasteiger charge is -2.16. The highest BCUT2D eigenvalue weighted by atomic mass is 79.9. The molecule has 0 saturated carbocycles. The van der Waals surface area contributed by atoms with E-state index in [1.807, 2.05) is 26.1 Å². The highest BCUT2D eigenvalue weighted by molar-refractivity contribution is 9.10. The quantitative estimate of drug-likeness (QED) is 0.911. The number of hydrogen-bond donors (Lipinski definition) is 1. The topological polar surface area (TPSA) is 41.1 Å². The Bertz CT molecular complexity index is 586. The second-order valence-electron chi connectivity index (χ2n) is 4.86. The third-order valence-electron chi connectivity index (χ3n) is 2.91. The number of anilines is 1. The largest absolute Gasteiger partial charge is 0.373 e. The molecule has 0 amide bonds. The lowest BCUT2D eigenvalue weighted by Crippen LogP contribution is -2.19. The smallest absolute Gasteiger partial charge is 0.144 e. The van der Waals surface area contributed by atoms with Crippen molar-refractivity contribution in [3.8, 4) is 0 Å². The van der Waals surface area contributed by atoms with Gasteiger partial charge in [0.25, 0.3) is 0 Å². The Balaban J connectivity index is 2.04. The maximum Gasteiger partial charge on any atom is 0.144 e. The van der Waals surface area contributed by atoms with E-state index in [0.717, 1.165) is 34.9 Å². The first-order valence-corrected chi connectivity index (χ1v) is 7.31. The van der Waals surface area contributed by atoms with E-state index in [2.05, 4.69) is 61.4 Å². The summed E-state index contributed by atoms with van der Waals surface area (Å²) in [4.78, 5) is 11.2. The molecular formula is C15H19BrN4. The van der Waals surface area contributed by atoms with E-state index in [1.165, 1.54) is 5.56 Å². The molecule has 20 heavy (non-hydrogen) atoms. The van der Waals surface area contributed by atoms with Crippen LogP contribution in [-0.4, -0.2) is 29.0 Å². The third kappa shape index (κ3) is 4.28. The SMILES string of the molecule is CNc1cc(C)nc(CN(C)Cc2cccc(Br)c2)n1. The minimum absolute atomic E-state index is 0.725. The van der Waals surface area contributed by atoms with Crippen LogP contribution in [0.4, 0.5) is 5.82 Å². The van der Waals surface area contributed by atoms with Crippen molar-refractivity contribution in [1.29, 1.82) is 0 Å². The first kappa shape index (κ1) is 14.9. The van der Waals surface area contributed by atoms with Crippen LogP contribution in [0.25, 0.3) is 0 Å². The van der Waals surface area contributed by atoms with Crippen molar-refractivity contribution in [1.82, 2.24) is 14.9 Å². The minimum Gasteiger partial charge on any atom is -0.373 e. The Labute approximate surface area is 128 Å². The zero-order chi connectivity index (χ0) is 14.5. The van der Waals surface area contributed by atoms with Crippen molar-refractivity contribution in [3.63, 3.8) is 0 Å². The molecule has 1 aromatic heterocycles. The predicted octanol–water partition coefficient (Wildman–Crippen LogP) is 3.22. The van der Waals surface area contributed by atoms with Gasteiger partial charge in [-0.25, -0.2) is 9.97 Å². The molecule has 0 unspecified atom stereocenters. The summed E-state index contributed by atoms with van der Waals surface area (Å²) in [5.74, 6) is 1.70. The fourth-order valence-electron chi connectivity index (χ4n) is 2.07. The Kier molecular flexibility index (Phi) is 5.09. The highest BCUT2D eigenvalue weighted by Crippen LogP contribution is 2.14. The number of benzene rings is 1. The fourth-order valence-corrected chi connectivity index (χ4v) is 2.52. The Morgan fingerprint density at radius 1 is 1.20 bits per heavy atom. The predicted molar refractivity (Wildman–Crippen MR) is 85.6 cm³/mol. The number of hydrogen-bond acceptors (Lipinski definition) is 4. The Hall–Kier alpha value is -1.46. The van der Waals surface area contributed by atoms with E-state index in [4.69, 9.17) is 0 Å². The summed E-state index contributed by atoms with van der Waals surface area (Å²) in [6.07, 6.45) is 0. The molecule has 0 radical (unpaired) electrons. The zero-order valence-corrected chi connectivity index (χ0v) is 13.6. The van der Waals surface area contributed by atoms with Gasteiger partial charge in [-0.2, -0.15) is 0 Å². The van der Waals surface area contributed by atoms with Gasteiger partial charge in [0.1, 0.15) is 11.6 Å². The van der Waals surface area contributed by atoms with Crippen molar-refractivity contribution in [2.75, 3.05) is 19.4 Å². The number of rotatable bonds is 5. The average molecular weight is 335 g/mol. The van der Waals surface area contributed by atoms with Gasteiger partial charge in [-0.05, 0) is 31.7 Å². The summed E-state index contributed by atoms with van der Waals surface area (Å²) in [6.45, 7) is 3.58. The maximum absolute atomic E-state index is 4.48. The number of aryl methyl sites for hydroxylation is 1. The van der Waals surface area contributed by atoms with E-state index in [1.54, 1.807) is 0 Å². The van der Waals surface area contributed by atoms with Crippen LogP contribution < -0.4 is 5.32 Å². The van der Waals surface area contributed by atoms with Gasteiger partial charge >= 0.3 is 0 Å². The molecule has 1 aromatic carbocycles. The second kappa shape index (κ2) is 6.81. The summed E-state index contributed by atoms with van der Waals surface area (Å²) in [6, 6.07) is 10.3. The van der Waals surface area contributed by atoms with E-state index >= 15 is 0 Å². The minimum atomic E-state index is 0.725. The van der Waals surface area contributed by atoms with Crippen LogP contribution in [0.2, 0.25) is 0 Å². The standard InChI is InChI=1S/C15H19BrN4/c1-11-7-14(17-2)19-15(18-11)10-20(3)9-12-5-4-6-13(16)8-12/h4-8H,9-10H2,1-3H3,(H,17,18,19). The molecule has 1 N–H and O–H groups in total. The van der Waals surface area contributed by atoms with Crippen LogP contribution >= 0.6 is 15.9 Å². The molecule has 106 valence electrons. The first-order valence-electron chi connectivity index (χ1n) is 6.52. The number of aromatic nitrogens is 2. The van der Waals surface area contributed by atoms with Gasteiger partial charge in [-0.1, -0.05) is 28.1 Å². The second-order valence-corrected chi connectivity index (χ2v) is 5.78. The van der Waals surface area contributed by atoms with Crippen LogP contribution in [0.3, 0.4) is 0 Å². The van der Waals surface area contributed by atoms with Gasteiger partial charge in [0.2, 0.25) is 0 Å². The normalized spacial score (nSPS) is 10.8. The number of nitrogens with zero attached hydrogens (tertiary/aromatic N) is 3. The van der Waals surface area contributed by atoms with Gasteiger partial charge < -0.3 is 5.32 Å². The Morgan fingerprint density at radius 2 is 2.00 bits per heavy atom. The van der Waals surface area contributed by atoms with Gasteiger partial charge in [-0.3, -0.25) is 4.90 Å². The van der Waals surface area contributed by atoms with Gasteiger partial charge in [-0.15, -0.1) is 0 Å². The number of halogens is 1. The van der Waals surface area contributed by atoms with Crippen molar-refractivity contribution in [3.05, 3.63) is 51.9 Å². The molecule has 2 rings (SSSR count). The molecule has 0 bridgehead atoms. The van der Waals surface area contributed by atoms with Crippen LogP contribution in [0.1, 0.15) is 17.1 Å². The fraction of sp³-hybridized carbons (Fsp3) is 0.333. The summed E-state index contributed by atoms with van der Waals surface area (Å²) in [7, 11) is 3.95. The van der Waals surface area contributed by atoms with Gasteiger partial charge in [0.05, 0.1) is 6.54 Å². The molecular weight excluding hydrogens is 316 g/mol. The molecule has 0 fully saturated rings. The van der Waals surface area contributed by atoms with Crippen molar-refractivity contribution in [2.24, 2.45) is 0 Å². The van der Waals surface area contributed by atoms with Crippen LogP contribution in [0.15, 0.2) is 34.8 Å². The van der Waals surface area contributed by atoms with Crippen LogP contribution in [-0.2, 0) is 13.1 Å². The molecule has 0 saturated heterocycles. The van der Waals surface area contributed by atoms with Crippen molar-refractivity contribution >= 4 is 21.7 Å². The molecule has 0 spiro atoms. The molecule has 1 heterocycles. The molecule has 5 heteroatoms. The summed E-state index contributed by atoms with van der Waals surface area (Å²) in [5.41, 5.74) is 2.25. The maximum atomic E-state index is 4.48. The summed E-state index contributed by atoms with van der Waals surface area (Å²) in [5, 5.41) is 3.06.